The number of aliphatic hydroxyl groups is 4. The molecule has 0 aliphatic heterocycles. The van der Waals surface area contributed by atoms with Gasteiger partial charge in [0.15, 0.2) is 0 Å². The molecule has 3 fully saturated rings. The third kappa shape index (κ3) is 2.05. The van der Waals surface area contributed by atoms with Gasteiger partial charge in [-0.05, 0) is 67.1 Å². The number of rotatable bonds is 0. The van der Waals surface area contributed by atoms with E-state index in [0.29, 0.717) is 18.8 Å². The fourth-order valence-corrected chi connectivity index (χ4v) is 6.62. The van der Waals surface area contributed by atoms with Crippen molar-refractivity contribution in [2.45, 2.75) is 76.8 Å². The highest BCUT2D eigenvalue weighted by Crippen LogP contribution is 2.64. The van der Waals surface area contributed by atoms with Crippen LogP contribution in [-0.4, -0.2) is 44.8 Å². The smallest absolute Gasteiger partial charge is 0.0855 e. The van der Waals surface area contributed by atoms with Crippen LogP contribution in [0.4, 0.5) is 0 Å². The molecule has 0 aromatic heterocycles. The highest BCUT2D eigenvalue weighted by molar-refractivity contribution is 5.28. The maximum atomic E-state index is 10.9. The molecule has 4 rings (SSSR count). The van der Waals surface area contributed by atoms with Crippen LogP contribution in [0.5, 0.6) is 0 Å². The minimum Gasteiger partial charge on any atom is -0.393 e. The lowest BCUT2D eigenvalue weighted by molar-refractivity contribution is -0.110. The van der Waals surface area contributed by atoms with Crippen molar-refractivity contribution in [3.05, 3.63) is 11.6 Å². The van der Waals surface area contributed by atoms with Gasteiger partial charge in [0.25, 0.3) is 0 Å². The van der Waals surface area contributed by atoms with E-state index < -0.39 is 18.3 Å². The maximum absolute atomic E-state index is 10.9. The Bertz CT molecular complexity index is 531. The molecular formula is C19H30O4. The van der Waals surface area contributed by atoms with Crippen molar-refractivity contribution in [3.8, 4) is 0 Å². The van der Waals surface area contributed by atoms with Crippen LogP contribution in [0.15, 0.2) is 11.6 Å². The summed E-state index contributed by atoms with van der Waals surface area (Å²) in [5, 5.41) is 41.6. The number of hydrogen-bond acceptors (Lipinski definition) is 4. The monoisotopic (exact) mass is 322 g/mol. The van der Waals surface area contributed by atoms with Crippen molar-refractivity contribution < 1.29 is 20.4 Å². The van der Waals surface area contributed by atoms with Crippen LogP contribution in [-0.2, 0) is 0 Å². The summed E-state index contributed by atoms with van der Waals surface area (Å²) in [6.07, 6.45) is 4.85. The Labute approximate surface area is 138 Å². The lowest BCUT2D eigenvalue weighted by Gasteiger charge is -2.58. The topological polar surface area (TPSA) is 80.9 Å². The van der Waals surface area contributed by atoms with Crippen molar-refractivity contribution in [2.24, 2.45) is 28.6 Å². The maximum Gasteiger partial charge on any atom is 0.0855 e. The van der Waals surface area contributed by atoms with Crippen LogP contribution < -0.4 is 0 Å². The molecule has 3 saturated carbocycles. The zero-order chi connectivity index (χ0) is 16.6. The molecule has 0 bridgehead atoms. The van der Waals surface area contributed by atoms with Crippen LogP contribution in [0.2, 0.25) is 0 Å². The quantitative estimate of drug-likeness (QED) is 0.511. The molecule has 0 unspecified atom stereocenters. The highest BCUT2D eigenvalue weighted by atomic mass is 16.3. The summed E-state index contributed by atoms with van der Waals surface area (Å²) < 4.78 is 0. The number of hydrogen-bond donors (Lipinski definition) is 4. The third-order valence-electron chi connectivity index (χ3n) is 8.08. The van der Waals surface area contributed by atoms with Gasteiger partial charge in [-0.15, -0.1) is 0 Å². The second-order valence-corrected chi connectivity index (χ2v) is 9.08. The van der Waals surface area contributed by atoms with Gasteiger partial charge in [-0.2, -0.15) is 0 Å². The fraction of sp³-hybridized carbons (Fsp3) is 0.895. The second-order valence-electron chi connectivity index (χ2n) is 9.08. The Hall–Kier alpha value is -0.420. The Morgan fingerprint density at radius 2 is 1.74 bits per heavy atom. The molecule has 0 aromatic rings. The van der Waals surface area contributed by atoms with Crippen molar-refractivity contribution in [3.63, 3.8) is 0 Å². The predicted molar refractivity (Wildman–Crippen MR) is 86.5 cm³/mol. The van der Waals surface area contributed by atoms with E-state index in [0.717, 1.165) is 25.7 Å². The van der Waals surface area contributed by atoms with Gasteiger partial charge in [-0.25, -0.2) is 0 Å². The summed E-state index contributed by atoms with van der Waals surface area (Å²) in [6.45, 7) is 4.40. The Kier molecular flexibility index (Phi) is 3.52. The molecule has 4 heteroatoms. The number of fused-ring (bicyclic) bond motifs is 5. The minimum atomic E-state index is -0.674. The fourth-order valence-electron chi connectivity index (χ4n) is 6.62. The molecule has 23 heavy (non-hydrogen) atoms. The first-order valence-corrected chi connectivity index (χ1v) is 9.21. The molecule has 0 amide bonds. The zero-order valence-electron chi connectivity index (χ0n) is 14.2. The Morgan fingerprint density at radius 1 is 1.00 bits per heavy atom. The van der Waals surface area contributed by atoms with E-state index in [4.69, 9.17) is 0 Å². The molecule has 0 radical (unpaired) electrons. The first-order valence-electron chi connectivity index (χ1n) is 9.21. The van der Waals surface area contributed by atoms with Crippen molar-refractivity contribution >= 4 is 0 Å². The molecule has 0 heterocycles. The average molecular weight is 322 g/mol. The largest absolute Gasteiger partial charge is 0.393 e. The van der Waals surface area contributed by atoms with Gasteiger partial charge in [0.05, 0.1) is 24.4 Å². The summed E-state index contributed by atoms with van der Waals surface area (Å²) >= 11 is 0. The molecule has 4 aliphatic rings. The summed E-state index contributed by atoms with van der Waals surface area (Å²) in [5.74, 6) is 0.674. The molecule has 4 nitrogen and oxygen atoms in total. The average Bonchev–Trinajstić information content (AvgIpc) is 2.73. The van der Waals surface area contributed by atoms with Crippen LogP contribution >= 0.6 is 0 Å². The van der Waals surface area contributed by atoms with Crippen LogP contribution in [0, 0.1) is 28.6 Å². The van der Waals surface area contributed by atoms with Crippen LogP contribution in [0.25, 0.3) is 0 Å². The van der Waals surface area contributed by atoms with Crippen LogP contribution in [0.3, 0.4) is 0 Å². The Morgan fingerprint density at radius 3 is 2.48 bits per heavy atom. The van der Waals surface area contributed by atoms with E-state index in [9.17, 15) is 20.4 Å². The molecule has 9 atom stereocenters. The van der Waals surface area contributed by atoms with Crippen molar-refractivity contribution in [1.82, 2.24) is 0 Å². The van der Waals surface area contributed by atoms with Gasteiger partial charge in [-0.1, -0.05) is 25.5 Å². The van der Waals surface area contributed by atoms with Gasteiger partial charge in [0, 0.05) is 0 Å². The first kappa shape index (κ1) is 16.1. The third-order valence-corrected chi connectivity index (χ3v) is 8.08. The van der Waals surface area contributed by atoms with E-state index >= 15 is 0 Å². The SMILES string of the molecule is C[C@]12CC[C@H]3[C@@H]([C@H](O)C=C4C[C@H](O)CC[C@@]43C)[C@@H]1C[C@@H](O)[C@@H]2O. The first-order chi connectivity index (χ1) is 10.8. The lowest BCUT2D eigenvalue weighted by atomic mass is 9.47. The molecule has 0 aromatic carbocycles. The highest BCUT2D eigenvalue weighted by Gasteiger charge is 2.62. The molecule has 4 N–H and O–H groups in total. The van der Waals surface area contributed by atoms with E-state index in [1.54, 1.807) is 0 Å². The normalized spacial score (nSPS) is 58.9. The zero-order valence-corrected chi connectivity index (χ0v) is 14.2. The van der Waals surface area contributed by atoms with E-state index in [1.807, 2.05) is 6.08 Å². The van der Waals surface area contributed by atoms with Gasteiger partial charge >= 0.3 is 0 Å². The number of aliphatic hydroxyl groups excluding tert-OH is 4. The standard InChI is InChI=1S/C19H30O4/c1-18-5-3-11(20)7-10(18)8-14(21)16-12(18)4-6-19(2)13(16)9-15(22)17(19)23/h8,11-17,20-23H,3-7,9H2,1-2H3/t11-,12+,13+,14-,15-,16-,17+,18+,19+/m1/s1. The van der Waals surface area contributed by atoms with Gasteiger partial charge in [0.1, 0.15) is 0 Å². The molecule has 0 saturated heterocycles. The second kappa shape index (κ2) is 5.04. The lowest BCUT2D eigenvalue weighted by Crippen LogP contribution is -2.55. The minimum absolute atomic E-state index is 0.0585. The predicted octanol–water partition coefficient (Wildman–Crippen LogP) is 1.61. The van der Waals surface area contributed by atoms with Crippen molar-refractivity contribution in [2.75, 3.05) is 0 Å². The molecule has 130 valence electrons. The molecular weight excluding hydrogens is 292 g/mol. The van der Waals surface area contributed by atoms with Gasteiger partial charge in [-0.3, -0.25) is 0 Å². The summed E-state index contributed by atoms with van der Waals surface area (Å²) in [7, 11) is 0. The summed E-state index contributed by atoms with van der Waals surface area (Å²) in [5.41, 5.74) is 1.01. The van der Waals surface area contributed by atoms with E-state index in [-0.39, 0.29) is 28.8 Å². The van der Waals surface area contributed by atoms with Crippen molar-refractivity contribution in [1.29, 1.82) is 0 Å². The summed E-state index contributed by atoms with van der Waals surface area (Å²) in [6, 6.07) is 0. The van der Waals surface area contributed by atoms with E-state index in [2.05, 4.69) is 13.8 Å². The summed E-state index contributed by atoms with van der Waals surface area (Å²) in [4.78, 5) is 0. The van der Waals surface area contributed by atoms with Gasteiger partial charge in [0.2, 0.25) is 0 Å². The van der Waals surface area contributed by atoms with Gasteiger partial charge < -0.3 is 20.4 Å². The van der Waals surface area contributed by atoms with E-state index in [1.165, 1.54) is 5.57 Å². The van der Waals surface area contributed by atoms with Crippen LogP contribution in [0.1, 0.15) is 52.4 Å². The molecule has 4 aliphatic carbocycles. The molecule has 0 spiro atoms. The Balaban J connectivity index is 1.73.